The summed E-state index contributed by atoms with van der Waals surface area (Å²) in [5.41, 5.74) is 1.59. The van der Waals surface area contributed by atoms with Crippen molar-refractivity contribution in [2.75, 3.05) is 20.3 Å². The third-order valence-electron chi connectivity index (χ3n) is 5.37. The molecule has 0 fully saturated rings. The van der Waals surface area contributed by atoms with Gasteiger partial charge >= 0.3 is 0 Å². The largest absolute Gasteiger partial charge is 0.450 e. The van der Waals surface area contributed by atoms with Crippen LogP contribution in [-0.4, -0.2) is 36.0 Å². The molecule has 1 amide bonds. The van der Waals surface area contributed by atoms with Gasteiger partial charge in [0, 0.05) is 25.8 Å². The summed E-state index contributed by atoms with van der Waals surface area (Å²) in [6.07, 6.45) is 0.750. The second kappa shape index (κ2) is 7.72. The fourth-order valence-electron chi connectivity index (χ4n) is 3.86. The number of amides is 1. The number of ether oxygens (including phenoxy) is 1. The molecule has 8 nitrogen and oxygen atoms in total. The first-order chi connectivity index (χ1) is 14.5. The van der Waals surface area contributed by atoms with Crippen molar-refractivity contribution in [2.45, 2.75) is 19.4 Å². The van der Waals surface area contributed by atoms with E-state index >= 15 is 0 Å². The van der Waals surface area contributed by atoms with E-state index in [2.05, 4.69) is 0 Å². The molecule has 3 aromatic rings. The number of aryl methyl sites for hydroxylation is 1. The minimum atomic E-state index is -0.784. The van der Waals surface area contributed by atoms with Crippen LogP contribution in [0.3, 0.4) is 0 Å². The van der Waals surface area contributed by atoms with Crippen LogP contribution in [0.2, 0.25) is 0 Å². The highest BCUT2D eigenvalue weighted by Gasteiger charge is 2.42. The molecule has 1 atom stereocenters. The molecule has 0 saturated carbocycles. The number of carbonyl (C=O) groups is 1. The molecule has 8 heteroatoms. The van der Waals surface area contributed by atoms with Gasteiger partial charge in [-0.05, 0) is 29.7 Å². The Hall–Kier alpha value is -3.52. The lowest BCUT2D eigenvalue weighted by molar-refractivity contribution is -0.384. The van der Waals surface area contributed by atoms with Gasteiger partial charge in [0.25, 0.3) is 11.6 Å². The van der Waals surface area contributed by atoms with E-state index in [0.29, 0.717) is 16.5 Å². The van der Waals surface area contributed by atoms with Crippen molar-refractivity contribution < 1.29 is 18.9 Å². The molecule has 0 saturated heterocycles. The molecule has 2 aromatic carbocycles. The number of carbonyl (C=O) groups excluding carboxylic acids is 1. The van der Waals surface area contributed by atoms with E-state index in [0.717, 1.165) is 12.0 Å². The van der Waals surface area contributed by atoms with Crippen molar-refractivity contribution in [3.8, 4) is 0 Å². The molecule has 1 aliphatic rings. The van der Waals surface area contributed by atoms with E-state index in [1.165, 1.54) is 24.1 Å². The molecule has 4 rings (SSSR count). The highest BCUT2D eigenvalue weighted by molar-refractivity contribution is 5.99. The lowest BCUT2D eigenvalue weighted by Crippen LogP contribution is -2.32. The maximum atomic E-state index is 13.5. The van der Waals surface area contributed by atoms with Gasteiger partial charge in [-0.25, -0.2) is 0 Å². The normalized spacial score (nSPS) is 15.6. The van der Waals surface area contributed by atoms with Gasteiger partial charge in [0.15, 0.2) is 5.43 Å². The molecule has 1 unspecified atom stereocenters. The molecular weight excluding hydrogens is 388 g/mol. The zero-order valence-corrected chi connectivity index (χ0v) is 16.6. The van der Waals surface area contributed by atoms with E-state index in [9.17, 15) is 19.7 Å². The molecule has 30 heavy (non-hydrogen) atoms. The van der Waals surface area contributed by atoms with Crippen LogP contribution in [0.15, 0.2) is 51.7 Å². The summed E-state index contributed by atoms with van der Waals surface area (Å²) in [7, 11) is 1.51. The average molecular weight is 408 g/mol. The molecule has 0 N–H and O–H groups in total. The Morgan fingerprint density at radius 2 is 2.00 bits per heavy atom. The average Bonchev–Trinajstić information content (AvgIpc) is 3.04. The van der Waals surface area contributed by atoms with Crippen molar-refractivity contribution in [3.05, 3.63) is 85.3 Å². The van der Waals surface area contributed by atoms with Gasteiger partial charge in [-0.1, -0.05) is 25.1 Å². The number of methoxy groups -OCH3 is 1. The van der Waals surface area contributed by atoms with Crippen LogP contribution in [0, 0.1) is 10.1 Å². The van der Waals surface area contributed by atoms with Gasteiger partial charge in [-0.2, -0.15) is 0 Å². The van der Waals surface area contributed by atoms with Gasteiger partial charge < -0.3 is 14.1 Å². The number of benzene rings is 2. The number of rotatable bonds is 6. The third kappa shape index (κ3) is 3.15. The fourth-order valence-corrected chi connectivity index (χ4v) is 3.86. The smallest absolute Gasteiger partial charge is 0.290 e. The molecular formula is C22H20N2O6. The third-order valence-corrected chi connectivity index (χ3v) is 5.37. The van der Waals surface area contributed by atoms with Gasteiger partial charge in [-0.3, -0.25) is 19.7 Å². The topological polar surface area (TPSA) is 103 Å². The number of fused-ring (bicyclic) bond motifs is 2. The first-order valence-corrected chi connectivity index (χ1v) is 9.60. The molecule has 0 aliphatic carbocycles. The van der Waals surface area contributed by atoms with Crippen molar-refractivity contribution in [1.29, 1.82) is 0 Å². The van der Waals surface area contributed by atoms with Crippen LogP contribution in [-0.2, 0) is 11.2 Å². The van der Waals surface area contributed by atoms with Crippen LogP contribution in [0.4, 0.5) is 5.69 Å². The van der Waals surface area contributed by atoms with E-state index in [1.807, 2.05) is 13.0 Å². The maximum Gasteiger partial charge on any atom is 0.290 e. The number of nitro groups is 1. The monoisotopic (exact) mass is 408 g/mol. The highest BCUT2D eigenvalue weighted by atomic mass is 16.6. The van der Waals surface area contributed by atoms with E-state index < -0.39 is 16.9 Å². The molecule has 1 aromatic heterocycles. The Morgan fingerprint density at radius 3 is 2.70 bits per heavy atom. The second-order valence-corrected chi connectivity index (χ2v) is 7.10. The van der Waals surface area contributed by atoms with E-state index in [1.54, 1.807) is 24.3 Å². The minimum absolute atomic E-state index is 0.0237. The molecule has 0 bridgehead atoms. The number of nitro benzene ring substituents is 1. The highest BCUT2D eigenvalue weighted by Crippen LogP contribution is 2.38. The Labute approximate surface area is 171 Å². The summed E-state index contributed by atoms with van der Waals surface area (Å²) >= 11 is 0. The molecule has 154 valence electrons. The first kappa shape index (κ1) is 19.8. The molecule has 1 aliphatic heterocycles. The Bertz CT molecular complexity index is 1220. The van der Waals surface area contributed by atoms with Gasteiger partial charge in [0.2, 0.25) is 5.76 Å². The van der Waals surface area contributed by atoms with Crippen LogP contribution in [0.5, 0.6) is 0 Å². The number of hydrogen-bond donors (Lipinski definition) is 0. The Kier molecular flexibility index (Phi) is 5.09. The Morgan fingerprint density at radius 1 is 1.20 bits per heavy atom. The van der Waals surface area contributed by atoms with Crippen molar-refractivity contribution >= 4 is 22.6 Å². The minimum Gasteiger partial charge on any atom is -0.450 e. The van der Waals surface area contributed by atoms with Crippen LogP contribution in [0.1, 0.15) is 40.2 Å². The Balaban J connectivity index is 1.97. The summed E-state index contributed by atoms with van der Waals surface area (Å²) in [5, 5.41) is 11.7. The van der Waals surface area contributed by atoms with Crippen molar-refractivity contribution in [3.63, 3.8) is 0 Å². The predicted molar refractivity (Wildman–Crippen MR) is 110 cm³/mol. The van der Waals surface area contributed by atoms with Crippen LogP contribution >= 0.6 is 0 Å². The first-order valence-electron chi connectivity index (χ1n) is 9.60. The van der Waals surface area contributed by atoms with Crippen LogP contribution < -0.4 is 5.43 Å². The summed E-state index contributed by atoms with van der Waals surface area (Å²) < 4.78 is 11.0. The molecule has 2 heterocycles. The number of hydrogen-bond acceptors (Lipinski definition) is 6. The zero-order chi connectivity index (χ0) is 21.4. The van der Waals surface area contributed by atoms with E-state index in [4.69, 9.17) is 9.15 Å². The summed E-state index contributed by atoms with van der Waals surface area (Å²) in [4.78, 5) is 38.8. The number of nitrogens with zero attached hydrogens (tertiary/aromatic N) is 2. The SMILES string of the molecule is CCc1ccc2oc3c(c(=O)c2c1)C(c1cccc([N+](=O)[O-])c1)N(CCOC)C3=O. The standard InChI is InChI=1S/C22H20N2O6/c1-3-13-7-8-17-16(11-13)20(25)18-19(14-5-4-6-15(12-14)24(27)28)23(9-10-29-2)22(26)21(18)30-17/h4-8,11-12,19H,3,9-10H2,1-2H3. The number of non-ortho nitro benzene ring substituents is 1. The van der Waals surface area contributed by atoms with E-state index in [-0.39, 0.29) is 35.6 Å². The van der Waals surface area contributed by atoms with Gasteiger partial charge in [0.1, 0.15) is 5.58 Å². The quantitative estimate of drug-likeness (QED) is 0.457. The molecule has 0 spiro atoms. The lowest BCUT2D eigenvalue weighted by atomic mass is 9.97. The van der Waals surface area contributed by atoms with Crippen LogP contribution in [0.25, 0.3) is 11.0 Å². The van der Waals surface area contributed by atoms with Crippen molar-refractivity contribution in [2.24, 2.45) is 0 Å². The van der Waals surface area contributed by atoms with Gasteiger partial charge in [0.05, 0.1) is 28.5 Å². The zero-order valence-electron chi connectivity index (χ0n) is 16.6. The lowest BCUT2D eigenvalue weighted by Gasteiger charge is -2.24. The summed E-state index contributed by atoms with van der Waals surface area (Å²) in [6, 6.07) is 10.5. The summed E-state index contributed by atoms with van der Waals surface area (Å²) in [6.45, 7) is 2.44. The van der Waals surface area contributed by atoms with Crippen molar-refractivity contribution in [1.82, 2.24) is 4.90 Å². The second-order valence-electron chi connectivity index (χ2n) is 7.10. The predicted octanol–water partition coefficient (Wildman–Crippen LogP) is 3.46. The van der Waals surface area contributed by atoms with Gasteiger partial charge in [-0.15, -0.1) is 0 Å². The maximum absolute atomic E-state index is 13.5. The molecule has 0 radical (unpaired) electrons. The summed E-state index contributed by atoms with van der Waals surface area (Å²) in [5.74, 6) is -0.457. The fraction of sp³-hybridized carbons (Fsp3) is 0.273.